The lowest BCUT2D eigenvalue weighted by Gasteiger charge is -2.02. The zero-order chi connectivity index (χ0) is 10.6. The van der Waals surface area contributed by atoms with Gasteiger partial charge in [0.1, 0.15) is 0 Å². The monoisotopic (exact) mass is 190 g/mol. The largest absolute Gasteiger partial charge is 0.120 e. The highest BCUT2D eigenvalue weighted by Gasteiger charge is 1.93. The molecule has 0 N–H and O–H groups in total. The van der Waals surface area contributed by atoms with Crippen molar-refractivity contribution in [3.05, 3.63) is 23.8 Å². The second-order valence-electron chi connectivity index (χ2n) is 3.43. The molecule has 0 unspecified atom stereocenters. The summed E-state index contributed by atoms with van der Waals surface area (Å²) in [5, 5.41) is 0. The quantitative estimate of drug-likeness (QED) is 0.315. The van der Waals surface area contributed by atoms with Crippen LogP contribution in [0.2, 0.25) is 0 Å². The molecule has 0 amide bonds. The second-order valence-corrected chi connectivity index (χ2v) is 3.43. The van der Waals surface area contributed by atoms with Crippen molar-refractivity contribution in [2.24, 2.45) is 0 Å². The molecule has 78 valence electrons. The Labute approximate surface area is 89.1 Å². The maximum atomic E-state index is 5.20. The molecule has 14 heavy (non-hydrogen) atoms. The Morgan fingerprint density at radius 1 is 1.36 bits per heavy atom. The zero-order valence-corrected chi connectivity index (χ0v) is 9.55. The number of hydrogen-bond donors (Lipinski definition) is 0. The van der Waals surface area contributed by atoms with E-state index < -0.39 is 0 Å². The molecule has 0 atom stereocenters. The summed E-state index contributed by atoms with van der Waals surface area (Å²) in [6, 6.07) is 0. The Bertz CT molecular complexity index is 213. The van der Waals surface area contributed by atoms with Crippen molar-refractivity contribution < 1.29 is 0 Å². The smallest absolute Gasteiger partial charge is 0.00861 e. The van der Waals surface area contributed by atoms with Crippen molar-refractivity contribution in [2.45, 2.75) is 52.4 Å². The molecule has 0 saturated heterocycles. The van der Waals surface area contributed by atoms with E-state index in [9.17, 15) is 0 Å². The number of hydrogen-bond acceptors (Lipinski definition) is 0. The first kappa shape index (κ1) is 13.0. The highest BCUT2D eigenvalue weighted by Crippen LogP contribution is 2.13. The van der Waals surface area contributed by atoms with E-state index in [2.05, 4.69) is 38.0 Å². The molecule has 0 aliphatic heterocycles. The lowest BCUT2D eigenvalue weighted by molar-refractivity contribution is 0.733. The Kier molecular flexibility index (Phi) is 9.43. The third-order valence-electron chi connectivity index (χ3n) is 2.30. The molecule has 0 spiro atoms. The molecule has 0 nitrogen and oxygen atoms in total. The van der Waals surface area contributed by atoms with Gasteiger partial charge in [-0.1, -0.05) is 30.7 Å². The van der Waals surface area contributed by atoms with Gasteiger partial charge in [0.05, 0.1) is 0 Å². The van der Waals surface area contributed by atoms with Crippen molar-refractivity contribution in [1.82, 2.24) is 0 Å². The Morgan fingerprint density at radius 2 is 2.14 bits per heavy atom. The van der Waals surface area contributed by atoms with Gasteiger partial charge in [-0.2, -0.15) is 0 Å². The summed E-state index contributed by atoms with van der Waals surface area (Å²) < 4.78 is 0. The summed E-state index contributed by atoms with van der Waals surface area (Å²) >= 11 is 0. The second kappa shape index (κ2) is 10.1. The first-order valence-electron chi connectivity index (χ1n) is 5.57. The maximum Gasteiger partial charge on any atom is 0.00861 e. The van der Waals surface area contributed by atoms with E-state index in [0.29, 0.717) is 0 Å². The standard InChI is InChI=1S/C14H22/c1-4-7-9-11-13-14(6-3)12-10-8-5-2/h1,5,8,12H,6-7,9-11,13H2,2-3H3. The van der Waals surface area contributed by atoms with Crippen LogP contribution in [0.15, 0.2) is 23.8 Å². The minimum absolute atomic E-state index is 0.922. The fourth-order valence-corrected chi connectivity index (χ4v) is 1.37. The van der Waals surface area contributed by atoms with Crippen LogP contribution in [0.1, 0.15) is 52.4 Å². The lowest BCUT2D eigenvalue weighted by Crippen LogP contribution is -1.83. The van der Waals surface area contributed by atoms with Crippen LogP contribution in [-0.2, 0) is 0 Å². The average molecular weight is 190 g/mol. The molecule has 0 radical (unpaired) electrons. The van der Waals surface area contributed by atoms with Crippen molar-refractivity contribution >= 4 is 0 Å². The average Bonchev–Trinajstić information content (AvgIpc) is 2.22. The predicted molar refractivity (Wildman–Crippen MR) is 65.1 cm³/mol. The van der Waals surface area contributed by atoms with Gasteiger partial charge >= 0.3 is 0 Å². The van der Waals surface area contributed by atoms with Crippen molar-refractivity contribution in [1.29, 1.82) is 0 Å². The maximum absolute atomic E-state index is 5.20. The summed E-state index contributed by atoms with van der Waals surface area (Å²) in [5.74, 6) is 2.68. The first-order chi connectivity index (χ1) is 6.85. The van der Waals surface area contributed by atoms with Crippen LogP contribution in [0.25, 0.3) is 0 Å². The fourth-order valence-electron chi connectivity index (χ4n) is 1.37. The van der Waals surface area contributed by atoms with Crippen LogP contribution >= 0.6 is 0 Å². The molecule has 0 heterocycles. The SMILES string of the molecule is C#CCCCCC(=CCC=CC)CC. The van der Waals surface area contributed by atoms with E-state index in [1.165, 1.54) is 19.3 Å². The molecule has 0 saturated carbocycles. The molecular weight excluding hydrogens is 168 g/mol. The first-order valence-corrected chi connectivity index (χ1v) is 5.57. The van der Waals surface area contributed by atoms with Crippen LogP contribution in [0.3, 0.4) is 0 Å². The van der Waals surface area contributed by atoms with Gasteiger partial charge in [-0.3, -0.25) is 0 Å². The fraction of sp³-hybridized carbons (Fsp3) is 0.571. The highest BCUT2D eigenvalue weighted by molar-refractivity contribution is 5.04. The molecular formula is C14H22. The van der Waals surface area contributed by atoms with Gasteiger partial charge in [0.25, 0.3) is 0 Å². The lowest BCUT2D eigenvalue weighted by atomic mass is 10.0. The number of rotatable bonds is 7. The highest BCUT2D eigenvalue weighted by atomic mass is 14.0. The number of terminal acetylenes is 1. The zero-order valence-electron chi connectivity index (χ0n) is 9.55. The van der Waals surface area contributed by atoms with Crippen LogP contribution in [-0.4, -0.2) is 0 Å². The number of unbranched alkanes of at least 4 members (excludes halogenated alkanes) is 2. The van der Waals surface area contributed by atoms with Gasteiger partial charge in [0.15, 0.2) is 0 Å². The third kappa shape index (κ3) is 7.68. The van der Waals surface area contributed by atoms with Gasteiger partial charge in [-0.15, -0.1) is 12.3 Å². The molecule has 0 aromatic rings. The molecule has 0 aliphatic rings. The van der Waals surface area contributed by atoms with E-state index in [0.717, 1.165) is 19.3 Å². The summed E-state index contributed by atoms with van der Waals surface area (Å²) in [5.41, 5.74) is 1.57. The Hall–Kier alpha value is -0.960. The molecule has 0 rings (SSSR count). The molecule has 0 aromatic carbocycles. The van der Waals surface area contributed by atoms with E-state index in [1.54, 1.807) is 5.57 Å². The van der Waals surface area contributed by atoms with Gasteiger partial charge in [-0.25, -0.2) is 0 Å². The van der Waals surface area contributed by atoms with E-state index in [-0.39, 0.29) is 0 Å². The van der Waals surface area contributed by atoms with E-state index in [4.69, 9.17) is 6.42 Å². The van der Waals surface area contributed by atoms with E-state index >= 15 is 0 Å². The third-order valence-corrected chi connectivity index (χ3v) is 2.30. The van der Waals surface area contributed by atoms with E-state index in [1.807, 2.05) is 0 Å². The summed E-state index contributed by atoms with van der Waals surface area (Å²) in [4.78, 5) is 0. The summed E-state index contributed by atoms with van der Waals surface area (Å²) in [6.45, 7) is 4.29. The van der Waals surface area contributed by atoms with Gasteiger partial charge < -0.3 is 0 Å². The Balaban J connectivity index is 3.68. The molecule has 0 heteroatoms. The van der Waals surface area contributed by atoms with Crippen LogP contribution in [0.5, 0.6) is 0 Å². The molecule has 0 aliphatic carbocycles. The summed E-state index contributed by atoms with van der Waals surface area (Å²) in [7, 11) is 0. The van der Waals surface area contributed by atoms with Gasteiger partial charge in [0.2, 0.25) is 0 Å². The van der Waals surface area contributed by atoms with Gasteiger partial charge in [-0.05, 0) is 39.0 Å². The van der Waals surface area contributed by atoms with Crippen LogP contribution < -0.4 is 0 Å². The molecule has 0 aromatic heterocycles. The minimum Gasteiger partial charge on any atom is -0.120 e. The molecule has 0 fully saturated rings. The Morgan fingerprint density at radius 3 is 2.71 bits per heavy atom. The topological polar surface area (TPSA) is 0 Å². The predicted octanol–water partition coefficient (Wildman–Crippen LogP) is 4.48. The molecule has 0 bridgehead atoms. The summed E-state index contributed by atoms with van der Waals surface area (Å²) in [6.07, 6.45) is 18.6. The number of allylic oxidation sites excluding steroid dienone is 4. The van der Waals surface area contributed by atoms with Crippen LogP contribution in [0, 0.1) is 12.3 Å². The minimum atomic E-state index is 0.922. The van der Waals surface area contributed by atoms with Crippen molar-refractivity contribution in [3.63, 3.8) is 0 Å². The van der Waals surface area contributed by atoms with Crippen molar-refractivity contribution in [2.75, 3.05) is 0 Å². The normalized spacial score (nSPS) is 11.9. The van der Waals surface area contributed by atoms with Crippen LogP contribution in [0.4, 0.5) is 0 Å². The van der Waals surface area contributed by atoms with Crippen molar-refractivity contribution in [3.8, 4) is 12.3 Å². The van der Waals surface area contributed by atoms with Gasteiger partial charge in [0, 0.05) is 6.42 Å².